The zero-order valence-corrected chi connectivity index (χ0v) is 8.99. The van der Waals surface area contributed by atoms with Crippen LogP contribution in [0.4, 0.5) is 0 Å². The first-order chi connectivity index (χ1) is 6.72. The Bertz CT molecular complexity index is 289. The molecule has 0 aromatic heterocycles. The molecule has 0 fully saturated rings. The van der Waals surface area contributed by atoms with Crippen LogP contribution in [0.3, 0.4) is 0 Å². The van der Waals surface area contributed by atoms with Gasteiger partial charge in [0.2, 0.25) is 0 Å². The molecule has 0 amide bonds. The zero-order valence-electron chi connectivity index (χ0n) is 8.99. The molecule has 0 aliphatic rings. The molecule has 0 atom stereocenters. The first-order valence-electron chi connectivity index (χ1n) is 5.07. The minimum atomic E-state index is 0.692. The highest BCUT2D eigenvalue weighted by Crippen LogP contribution is 2.14. The summed E-state index contributed by atoms with van der Waals surface area (Å²) >= 11 is 0. The van der Waals surface area contributed by atoms with E-state index >= 15 is 0 Å². The number of rotatable bonds is 5. The van der Waals surface area contributed by atoms with Gasteiger partial charge in [-0.15, -0.1) is 0 Å². The summed E-state index contributed by atoms with van der Waals surface area (Å²) in [4.78, 5) is 0. The Labute approximate surface area is 86.4 Å². The van der Waals surface area contributed by atoms with Crippen molar-refractivity contribution in [2.45, 2.75) is 20.3 Å². The Kier molecular flexibility index (Phi) is 4.24. The van der Waals surface area contributed by atoms with Crippen molar-refractivity contribution in [3.05, 3.63) is 36.4 Å². The summed E-state index contributed by atoms with van der Waals surface area (Å²) in [6.45, 7) is 8.91. The van der Waals surface area contributed by atoms with Crippen LogP contribution in [0, 0.1) is 5.92 Å². The van der Waals surface area contributed by atoms with Gasteiger partial charge in [0.05, 0.1) is 6.61 Å². The van der Waals surface area contributed by atoms with Crippen LogP contribution in [0.25, 0.3) is 6.08 Å². The van der Waals surface area contributed by atoms with Crippen molar-refractivity contribution in [2.75, 3.05) is 6.61 Å². The number of benzene rings is 1. The molecule has 0 N–H and O–H groups in total. The molecule has 1 aromatic rings. The maximum absolute atomic E-state index is 5.61. The molecule has 14 heavy (non-hydrogen) atoms. The molecule has 0 spiro atoms. The third-order valence-corrected chi connectivity index (χ3v) is 2.06. The summed E-state index contributed by atoms with van der Waals surface area (Å²) < 4.78 is 5.61. The smallest absolute Gasteiger partial charge is 0.119 e. The maximum Gasteiger partial charge on any atom is 0.119 e. The predicted molar refractivity (Wildman–Crippen MR) is 61.5 cm³/mol. The molecule has 1 heteroatoms. The lowest BCUT2D eigenvalue weighted by Gasteiger charge is -2.08. The Hall–Kier alpha value is -1.24. The van der Waals surface area contributed by atoms with Gasteiger partial charge in [0.15, 0.2) is 0 Å². The lowest BCUT2D eigenvalue weighted by molar-refractivity contribution is 0.289. The van der Waals surface area contributed by atoms with Crippen LogP contribution in [0.2, 0.25) is 0 Å². The van der Waals surface area contributed by atoms with Gasteiger partial charge in [0.1, 0.15) is 5.75 Å². The van der Waals surface area contributed by atoms with E-state index in [4.69, 9.17) is 4.74 Å². The van der Waals surface area contributed by atoms with Crippen LogP contribution in [0.1, 0.15) is 25.8 Å². The van der Waals surface area contributed by atoms with Crippen LogP contribution in [-0.4, -0.2) is 6.61 Å². The van der Waals surface area contributed by atoms with E-state index in [0.29, 0.717) is 5.92 Å². The lowest BCUT2D eigenvalue weighted by Crippen LogP contribution is -2.01. The zero-order chi connectivity index (χ0) is 10.4. The lowest BCUT2D eigenvalue weighted by atomic mass is 10.1. The second-order valence-electron chi connectivity index (χ2n) is 3.81. The molecular formula is C13H18O. The quantitative estimate of drug-likeness (QED) is 0.687. The Balaban J connectivity index is 2.46. The highest BCUT2D eigenvalue weighted by molar-refractivity contribution is 5.49. The highest BCUT2D eigenvalue weighted by Gasteiger charge is 1.96. The molecule has 0 unspecified atom stereocenters. The molecule has 0 saturated carbocycles. The van der Waals surface area contributed by atoms with Gasteiger partial charge in [0.25, 0.3) is 0 Å². The van der Waals surface area contributed by atoms with Crippen LogP contribution >= 0.6 is 0 Å². The molecule has 0 saturated heterocycles. The third-order valence-electron chi connectivity index (χ3n) is 2.06. The summed E-state index contributed by atoms with van der Waals surface area (Å²) in [5.74, 6) is 1.63. The van der Waals surface area contributed by atoms with Crippen molar-refractivity contribution in [2.24, 2.45) is 5.92 Å². The monoisotopic (exact) mass is 190 g/mol. The van der Waals surface area contributed by atoms with E-state index in [1.807, 2.05) is 30.3 Å². The van der Waals surface area contributed by atoms with E-state index in [-0.39, 0.29) is 0 Å². The average Bonchev–Trinajstić information content (AvgIpc) is 2.18. The van der Waals surface area contributed by atoms with Gasteiger partial charge in [-0.05, 0) is 30.0 Å². The first-order valence-corrected chi connectivity index (χ1v) is 5.07. The van der Waals surface area contributed by atoms with E-state index in [2.05, 4.69) is 20.4 Å². The van der Waals surface area contributed by atoms with Crippen LogP contribution in [-0.2, 0) is 0 Å². The Morgan fingerprint density at radius 2 is 2.21 bits per heavy atom. The average molecular weight is 190 g/mol. The van der Waals surface area contributed by atoms with Crippen molar-refractivity contribution >= 4 is 6.08 Å². The van der Waals surface area contributed by atoms with Crippen molar-refractivity contribution in [3.8, 4) is 5.75 Å². The normalized spacial score (nSPS) is 10.2. The van der Waals surface area contributed by atoms with Crippen molar-refractivity contribution in [1.82, 2.24) is 0 Å². The van der Waals surface area contributed by atoms with E-state index in [9.17, 15) is 0 Å². The number of ether oxygens (including phenoxy) is 1. The molecule has 1 aromatic carbocycles. The van der Waals surface area contributed by atoms with E-state index in [1.165, 1.54) is 0 Å². The van der Waals surface area contributed by atoms with Gasteiger partial charge in [0, 0.05) is 0 Å². The van der Waals surface area contributed by atoms with E-state index < -0.39 is 0 Å². The van der Waals surface area contributed by atoms with Gasteiger partial charge < -0.3 is 4.74 Å². The predicted octanol–water partition coefficient (Wildman–Crippen LogP) is 3.75. The van der Waals surface area contributed by atoms with Gasteiger partial charge in [-0.25, -0.2) is 0 Å². The standard InChI is InChI=1S/C13H18O/c1-4-12-6-5-7-13(10-12)14-9-8-11(2)3/h4-7,10-11H,1,8-9H2,2-3H3. The fraction of sp³-hybridized carbons (Fsp3) is 0.385. The van der Waals surface area contributed by atoms with Crippen LogP contribution < -0.4 is 4.74 Å². The highest BCUT2D eigenvalue weighted by atomic mass is 16.5. The largest absolute Gasteiger partial charge is 0.494 e. The molecule has 0 heterocycles. The SMILES string of the molecule is C=Cc1cccc(OCCC(C)C)c1. The summed E-state index contributed by atoms with van der Waals surface area (Å²) in [5, 5.41) is 0. The fourth-order valence-electron chi connectivity index (χ4n) is 1.14. The number of hydrogen-bond acceptors (Lipinski definition) is 1. The van der Waals surface area contributed by atoms with Gasteiger partial charge in [-0.3, -0.25) is 0 Å². The minimum Gasteiger partial charge on any atom is -0.494 e. The van der Waals surface area contributed by atoms with E-state index in [1.54, 1.807) is 0 Å². The van der Waals surface area contributed by atoms with Gasteiger partial charge in [-0.2, -0.15) is 0 Å². The van der Waals surface area contributed by atoms with E-state index in [0.717, 1.165) is 24.3 Å². The second-order valence-corrected chi connectivity index (χ2v) is 3.81. The van der Waals surface area contributed by atoms with Crippen LogP contribution in [0.15, 0.2) is 30.8 Å². The molecule has 1 nitrogen and oxygen atoms in total. The summed E-state index contributed by atoms with van der Waals surface area (Å²) in [6, 6.07) is 7.99. The molecule has 1 rings (SSSR count). The molecule has 76 valence electrons. The summed E-state index contributed by atoms with van der Waals surface area (Å²) in [5.41, 5.74) is 1.10. The van der Waals surface area contributed by atoms with Crippen LogP contribution in [0.5, 0.6) is 5.75 Å². The molecule has 0 aliphatic heterocycles. The van der Waals surface area contributed by atoms with Crippen molar-refractivity contribution in [3.63, 3.8) is 0 Å². The maximum atomic E-state index is 5.61. The van der Waals surface area contributed by atoms with Gasteiger partial charge in [-0.1, -0.05) is 38.6 Å². The first kappa shape index (κ1) is 10.8. The molecular weight excluding hydrogens is 172 g/mol. The summed E-state index contributed by atoms with van der Waals surface area (Å²) in [7, 11) is 0. The summed E-state index contributed by atoms with van der Waals surface area (Å²) in [6.07, 6.45) is 2.92. The second kappa shape index (κ2) is 5.48. The fourth-order valence-corrected chi connectivity index (χ4v) is 1.14. The Morgan fingerprint density at radius 1 is 1.43 bits per heavy atom. The Morgan fingerprint density at radius 3 is 2.86 bits per heavy atom. The van der Waals surface area contributed by atoms with Crippen molar-refractivity contribution in [1.29, 1.82) is 0 Å². The number of hydrogen-bond donors (Lipinski definition) is 0. The van der Waals surface area contributed by atoms with Gasteiger partial charge >= 0.3 is 0 Å². The van der Waals surface area contributed by atoms with Crippen molar-refractivity contribution < 1.29 is 4.74 Å². The third kappa shape index (κ3) is 3.65. The topological polar surface area (TPSA) is 9.23 Å². The molecule has 0 bridgehead atoms. The molecule has 0 aliphatic carbocycles. The molecule has 0 radical (unpaired) electrons. The minimum absolute atomic E-state index is 0.692.